The average molecular weight is 525 g/mol. The first-order chi connectivity index (χ1) is 18.5. The predicted molar refractivity (Wildman–Crippen MR) is 155 cm³/mol. The van der Waals surface area contributed by atoms with Crippen molar-refractivity contribution in [3.63, 3.8) is 0 Å². The Labute approximate surface area is 226 Å². The van der Waals surface area contributed by atoms with E-state index < -0.39 is 0 Å². The Bertz CT molecular complexity index is 2110. The number of hydrogen-bond donors (Lipinski definition) is 0. The van der Waals surface area contributed by atoms with Crippen molar-refractivity contribution in [3.8, 4) is 22.3 Å². The molecule has 0 aliphatic heterocycles. The number of benzene rings is 7. The van der Waals surface area contributed by atoms with E-state index in [0.29, 0.717) is 32.3 Å². The lowest BCUT2D eigenvalue weighted by atomic mass is 9.77. The molecule has 0 aromatic heterocycles. The number of halogens is 2. The van der Waals surface area contributed by atoms with Gasteiger partial charge in [0, 0.05) is 43.1 Å². The summed E-state index contributed by atoms with van der Waals surface area (Å²) in [6.45, 7) is 0. The molecule has 7 aromatic carbocycles. The second-order valence-corrected chi connectivity index (χ2v) is 11.1. The molecule has 0 unspecified atom stereocenters. The van der Waals surface area contributed by atoms with Crippen LogP contribution in [0.1, 0.15) is 31.8 Å². The van der Waals surface area contributed by atoms with E-state index in [-0.39, 0.29) is 11.6 Å². The van der Waals surface area contributed by atoms with E-state index >= 15 is 0 Å². The van der Waals surface area contributed by atoms with E-state index in [1.165, 1.54) is 0 Å². The standard InChI is InChI=1S/C34H14Cl2O2/c35-15-1-3-17-19-5-7-21-22-8-6-20-18-4-2-16(36)14-28(18)34(38)26-12-10-24(30(22)32(20)26)23-9-11-25(31(19)29(21)23)33(37)27(17)13-15/h1-14H. The van der Waals surface area contributed by atoms with Crippen molar-refractivity contribution in [2.75, 3.05) is 0 Å². The van der Waals surface area contributed by atoms with Crippen LogP contribution in [0.4, 0.5) is 0 Å². The average Bonchev–Trinajstić information content (AvgIpc) is 2.94. The Morgan fingerprint density at radius 1 is 0.342 bits per heavy atom. The van der Waals surface area contributed by atoms with Crippen molar-refractivity contribution >= 4 is 77.9 Å². The number of carbonyl (C=O) groups excluding carboxylic acids is 2. The van der Waals surface area contributed by atoms with E-state index in [9.17, 15) is 9.59 Å². The van der Waals surface area contributed by atoms with Gasteiger partial charge in [0.1, 0.15) is 0 Å². The second kappa shape index (κ2) is 6.79. The highest BCUT2D eigenvalue weighted by molar-refractivity contribution is 6.42. The minimum atomic E-state index is -0.00407. The maximum atomic E-state index is 13.6. The molecule has 9 rings (SSSR count). The van der Waals surface area contributed by atoms with Crippen molar-refractivity contribution in [3.05, 3.63) is 117 Å². The molecule has 0 fully saturated rings. The Morgan fingerprint density at radius 3 is 1.08 bits per heavy atom. The van der Waals surface area contributed by atoms with Gasteiger partial charge in [0.15, 0.2) is 11.6 Å². The molecule has 0 bridgehead atoms. The monoisotopic (exact) mass is 524 g/mol. The van der Waals surface area contributed by atoms with Crippen LogP contribution in [0.15, 0.2) is 84.9 Å². The Hall–Kier alpha value is -4.24. The van der Waals surface area contributed by atoms with Crippen LogP contribution < -0.4 is 0 Å². The molecule has 0 radical (unpaired) electrons. The highest BCUT2D eigenvalue weighted by Gasteiger charge is 2.30. The summed E-state index contributed by atoms with van der Waals surface area (Å²) in [5.74, 6) is -0.00813. The maximum absolute atomic E-state index is 13.6. The van der Waals surface area contributed by atoms with Crippen LogP contribution in [0.3, 0.4) is 0 Å². The van der Waals surface area contributed by atoms with Crippen molar-refractivity contribution in [1.82, 2.24) is 0 Å². The van der Waals surface area contributed by atoms with Crippen LogP contribution in [0.2, 0.25) is 10.0 Å². The molecule has 0 atom stereocenters. The molecule has 0 heterocycles. The van der Waals surface area contributed by atoms with Gasteiger partial charge >= 0.3 is 0 Å². The summed E-state index contributed by atoms with van der Waals surface area (Å²) in [5.41, 5.74) is 6.58. The lowest BCUT2D eigenvalue weighted by molar-refractivity contribution is 0.103. The molecule has 0 saturated heterocycles. The number of rotatable bonds is 0. The van der Waals surface area contributed by atoms with Gasteiger partial charge in [-0.3, -0.25) is 9.59 Å². The summed E-state index contributed by atoms with van der Waals surface area (Å²) < 4.78 is 0. The van der Waals surface area contributed by atoms with Gasteiger partial charge in [-0.25, -0.2) is 0 Å². The fourth-order valence-electron chi connectivity index (χ4n) is 6.88. The summed E-state index contributed by atoms with van der Waals surface area (Å²) in [6.07, 6.45) is 0. The summed E-state index contributed by atoms with van der Waals surface area (Å²) >= 11 is 12.5. The molecule has 38 heavy (non-hydrogen) atoms. The third-order valence-corrected chi connectivity index (χ3v) is 8.89. The van der Waals surface area contributed by atoms with Gasteiger partial charge in [0.2, 0.25) is 0 Å². The molecule has 0 saturated carbocycles. The molecule has 4 heteroatoms. The van der Waals surface area contributed by atoms with E-state index in [0.717, 1.165) is 65.3 Å². The third kappa shape index (κ3) is 2.32. The molecule has 7 aromatic rings. The normalized spacial score (nSPS) is 13.6. The van der Waals surface area contributed by atoms with Gasteiger partial charge in [0.25, 0.3) is 0 Å². The van der Waals surface area contributed by atoms with Gasteiger partial charge in [-0.15, -0.1) is 0 Å². The highest BCUT2D eigenvalue weighted by atomic mass is 35.5. The molecule has 0 N–H and O–H groups in total. The first-order valence-corrected chi connectivity index (χ1v) is 13.2. The minimum Gasteiger partial charge on any atom is -0.289 e. The smallest absolute Gasteiger partial charge is 0.194 e. The zero-order valence-electron chi connectivity index (χ0n) is 19.7. The molecule has 2 aliphatic carbocycles. The number of fused-ring (bicyclic) bond motifs is 6. The van der Waals surface area contributed by atoms with Crippen molar-refractivity contribution < 1.29 is 9.59 Å². The van der Waals surface area contributed by atoms with Crippen LogP contribution in [-0.2, 0) is 0 Å². The number of ketones is 2. The van der Waals surface area contributed by atoms with E-state index in [1.54, 1.807) is 12.1 Å². The summed E-state index contributed by atoms with van der Waals surface area (Å²) in [6, 6.07) is 27.7. The third-order valence-electron chi connectivity index (χ3n) is 8.42. The van der Waals surface area contributed by atoms with Crippen LogP contribution >= 0.6 is 23.2 Å². The zero-order valence-corrected chi connectivity index (χ0v) is 21.2. The van der Waals surface area contributed by atoms with E-state index in [1.807, 2.05) is 36.4 Å². The molecule has 2 aliphatic rings. The van der Waals surface area contributed by atoms with Crippen LogP contribution in [0, 0.1) is 0 Å². The quantitative estimate of drug-likeness (QED) is 0.146. The van der Waals surface area contributed by atoms with E-state index in [4.69, 9.17) is 23.2 Å². The zero-order chi connectivity index (χ0) is 25.4. The second-order valence-electron chi connectivity index (χ2n) is 10.2. The first kappa shape index (κ1) is 20.8. The van der Waals surface area contributed by atoms with Gasteiger partial charge in [-0.05, 0) is 91.0 Å². The first-order valence-electron chi connectivity index (χ1n) is 12.4. The van der Waals surface area contributed by atoms with Crippen LogP contribution in [0.5, 0.6) is 0 Å². The van der Waals surface area contributed by atoms with Gasteiger partial charge in [-0.1, -0.05) is 71.7 Å². The predicted octanol–water partition coefficient (Wildman–Crippen LogP) is 9.47. The minimum absolute atomic E-state index is 0.00407. The molecular weight excluding hydrogens is 511 g/mol. The Morgan fingerprint density at radius 2 is 0.684 bits per heavy atom. The fourth-order valence-corrected chi connectivity index (χ4v) is 7.23. The lowest BCUT2D eigenvalue weighted by Crippen LogP contribution is -2.11. The van der Waals surface area contributed by atoms with Gasteiger partial charge in [0.05, 0.1) is 0 Å². The summed E-state index contributed by atoms with van der Waals surface area (Å²) in [5, 5.41) is 9.55. The van der Waals surface area contributed by atoms with E-state index in [2.05, 4.69) is 36.4 Å². The Balaban J connectivity index is 1.49. The van der Waals surface area contributed by atoms with Gasteiger partial charge in [-0.2, -0.15) is 0 Å². The lowest BCUT2D eigenvalue weighted by Gasteiger charge is -2.25. The highest BCUT2D eigenvalue weighted by Crippen LogP contribution is 2.50. The van der Waals surface area contributed by atoms with Crippen molar-refractivity contribution in [2.45, 2.75) is 0 Å². The van der Waals surface area contributed by atoms with Crippen molar-refractivity contribution in [2.24, 2.45) is 0 Å². The van der Waals surface area contributed by atoms with Crippen molar-refractivity contribution in [1.29, 1.82) is 0 Å². The SMILES string of the molecule is O=C1c2cc(Cl)ccc2-c2ccc3c4ccc5c6c(ccc(c7ccc1c2c73)c64)C(=O)c1cc(Cl)ccc1-5. The van der Waals surface area contributed by atoms with Crippen LogP contribution in [0.25, 0.3) is 65.3 Å². The number of carbonyl (C=O) groups is 2. The molecule has 0 spiro atoms. The summed E-state index contributed by atoms with van der Waals surface area (Å²) in [4.78, 5) is 27.2. The topological polar surface area (TPSA) is 34.1 Å². The number of hydrogen-bond acceptors (Lipinski definition) is 2. The Kier molecular flexibility index (Phi) is 3.71. The largest absolute Gasteiger partial charge is 0.289 e. The van der Waals surface area contributed by atoms with Crippen LogP contribution in [-0.4, -0.2) is 11.6 Å². The molecule has 176 valence electrons. The van der Waals surface area contributed by atoms with Gasteiger partial charge < -0.3 is 0 Å². The molecule has 2 nitrogen and oxygen atoms in total. The summed E-state index contributed by atoms with van der Waals surface area (Å²) in [7, 11) is 0. The maximum Gasteiger partial charge on any atom is 0.194 e. The molecular formula is C34H14Cl2O2. The fraction of sp³-hybridized carbons (Fsp3) is 0. The molecule has 0 amide bonds.